The largest absolute Gasteiger partial charge is 0.396 e. The van der Waals surface area contributed by atoms with Gasteiger partial charge in [0.25, 0.3) is 0 Å². The lowest BCUT2D eigenvalue weighted by molar-refractivity contribution is 0.245. The maximum Gasteiger partial charge on any atom is 0.125 e. The minimum absolute atomic E-state index is 0.125. The number of anilines is 1. The lowest BCUT2D eigenvalue weighted by Crippen LogP contribution is -2.30. The second-order valence-electron chi connectivity index (χ2n) is 5.66. The Kier molecular flexibility index (Phi) is 4.78. The number of nitrogens with zero attached hydrogens (tertiary/aromatic N) is 1. The van der Waals surface area contributed by atoms with E-state index in [4.69, 9.17) is 5.11 Å². The van der Waals surface area contributed by atoms with Crippen molar-refractivity contribution in [1.82, 2.24) is 5.32 Å². The monoisotopic (exact) mass is 278 g/mol. The fraction of sp³-hybridized carbons (Fsp3) is 0.500. The lowest BCUT2D eigenvalue weighted by atomic mass is 10.0. The number of rotatable bonds is 5. The van der Waals surface area contributed by atoms with Gasteiger partial charge in [-0.2, -0.15) is 0 Å². The predicted octanol–water partition coefficient (Wildman–Crippen LogP) is 2.48. The fourth-order valence-electron chi connectivity index (χ4n) is 2.71. The minimum Gasteiger partial charge on any atom is -0.396 e. The molecule has 3 atom stereocenters. The van der Waals surface area contributed by atoms with Gasteiger partial charge in [0.15, 0.2) is 0 Å². The van der Waals surface area contributed by atoms with Crippen LogP contribution in [-0.4, -0.2) is 31.9 Å². The molecule has 0 amide bonds. The summed E-state index contributed by atoms with van der Waals surface area (Å²) in [5.41, 5.74) is 1.97. The van der Waals surface area contributed by atoms with E-state index in [-0.39, 0.29) is 30.4 Å². The Balaban J connectivity index is 2.10. The highest BCUT2D eigenvalue weighted by Crippen LogP contribution is 2.28. The Hall–Kier alpha value is -1.39. The Labute approximate surface area is 120 Å². The van der Waals surface area contributed by atoms with Gasteiger partial charge in [-0.1, -0.05) is 18.2 Å². The normalized spacial score (nSPS) is 23.1. The van der Waals surface area contributed by atoms with Crippen molar-refractivity contribution in [3.63, 3.8) is 0 Å². The molecule has 20 heavy (non-hydrogen) atoms. The van der Waals surface area contributed by atoms with Crippen LogP contribution < -0.4 is 10.2 Å². The summed E-state index contributed by atoms with van der Waals surface area (Å²) in [7, 11) is 3.84. The number of halogens is 1. The first-order chi connectivity index (χ1) is 9.51. The Morgan fingerprint density at radius 3 is 2.75 bits per heavy atom. The van der Waals surface area contributed by atoms with Crippen LogP contribution in [0.15, 0.2) is 30.4 Å². The van der Waals surface area contributed by atoms with Crippen molar-refractivity contribution in [2.75, 3.05) is 25.6 Å². The van der Waals surface area contributed by atoms with Gasteiger partial charge < -0.3 is 15.3 Å². The number of aliphatic hydroxyl groups excluding tert-OH is 1. The summed E-state index contributed by atoms with van der Waals surface area (Å²) in [6, 6.07) is 5.29. The maximum absolute atomic E-state index is 13.4. The molecule has 1 aliphatic rings. The molecule has 3 nitrogen and oxygen atoms in total. The third-order valence-electron chi connectivity index (χ3n) is 3.81. The predicted molar refractivity (Wildman–Crippen MR) is 80.4 cm³/mol. The molecule has 0 radical (unpaired) electrons. The second-order valence-corrected chi connectivity index (χ2v) is 5.66. The van der Waals surface area contributed by atoms with E-state index < -0.39 is 0 Å². The molecule has 0 fully saturated rings. The van der Waals surface area contributed by atoms with Crippen LogP contribution in [0, 0.1) is 11.7 Å². The molecule has 0 bridgehead atoms. The minimum atomic E-state index is -0.217. The van der Waals surface area contributed by atoms with Crippen LogP contribution in [0.3, 0.4) is 0 Å². The molecule has 0 saturated carbocycles. The van der Waals surface area contributed by atoms with Gasteiger partial charge in [0, 0.05) is 44.4 Å². The van der Waals surface area contributed by atoms with Crippen molar-refractivity contribution in [3.05, 3.63) is 41.7 Å². The summed E-state index contributed by atoms with van der Waals surface area (Å²) in [5.74, 6) is 0.0343. The van der Waals surface area contributed by atoms with Gasteiger partial charge in [-0.05, 0) is 31.0 Å². The molecular formula is C16H23FN2O. The van der Waals surface area contributed by atoms with Crippen LogP contribution in [-0.2, 0) is 0 Å². The van der Waals surface area contributed by atoms with Gasteiger partial charge in [-0.3, -0.25) is 0 Å². The van der Waals surface area contributed by atoms with Crippen molar-refractivity contribution in [1.29, 1.82) is 0 Å². The Morgan fingerprint density at radius 2 is 2.15 bits per heavy atom. The third-order valence-corrected chi connectivity index (χ3v) is 3.81. The Bertz CT molecular complexity index is 487. The molecule has 0 aromatic heterocycles. The van der Waals surface area contributed by atoms with Gasteiger partial charge in [0.2, 0.25) is 0 Å². The smallest absolute Gasteiger partial charge is 0.125 e. The maximum atomic E-state index is 13.4. The molecule has 2 N–H and O–H groups in total. The molecule has 1 aromatic rings. The van der Waals surface area contributed by atoms with E-state index in [1.165, 1.54) is 6.07 Å². The molecule has 110 valence electrons. The number of hydrogen-bond donors (Lipinski definition) is 2. The summed E-state index contributed by atoms with van der Waals surface area (Å²) >= 11 is 0. The van der Waals surface area contributed by atoms with Crippen LogP contribution in [0.5, 0.6) is 0 Å². The average Bonchev–Trinajstić information content (AvgIpc) is 2.86. The number of nitrogens with one attached hydrogen (secondary N) is 1. The van der Waals surface area contributed by atoms with Crippen molar-refractivity contribution in [2.24, 2.45) is 5.92 Å². The number of benzene rings is 1. The Morgan fingerprint density at radius 1 is 1.40 bits per heavy atom. The van der Waals surface area contributed by atoms with E-state index in [0.29, 0.717) is 0 Å². The summed E-state index contributed by atoms with van der Waals surface area (Å²) in [6.45, 7) is 2.28. The molecule has 2 rings (SSSR count). The van der Waals surface area contributed by atoms with Crippen molar-refractivity contribution >= 4 is 5.69 Å². The quantitative estimate of drug-likeness (QED) is 0.812. The topological polar surface area (TPSA) is 35.5 Å². The van der Waals surface area contributed by atoms with Gasteiger partial charge in [-0.15, -0.1) is 0 Å². The van der Waals surface area contributed by atoms with E-state index in [1.54, 1.807) is 6.07 Å². The SMILES string of the molecule is C[C@@H](N[C@@H]1C=C[C@H](CO)C1)c1ccc(F)cc1N(C)C. The van der Waals surface area contributed by atoms with Crippen molar-refractivity contribution in [3.8, 4) is 0 Å². The fourth-order valence-corrected chi connectivity index (χ4v) is 2.71. The van der Waals surface area contributed by atoms with Crippen molar-refractivity contribution in [2.45, 2.75) is 25.4 Å². The van der Waals surface area contributed by atoms with E-state index in [2.05, 4.69) is 24.4 Å². The van der Waals surface area contributed by atoms with Gasteiger partial charge in [0.1, 0.15) is 5.82 Å². The highest BCUT2D eigenvalue weighted by molar-refractivity contribution is 5.54. The van der Waals surface area contributed by atoms with E-state index in [1.807, 2.05) is 25.1 Å². The molecule has 1 aliphatic carbocycles. The molecular weight excluding hydrogens is 255 g/mol. The molecule has 0 saturated heterocycles. The molecule has 0 aliphatic heterocycles. The van der Waals surface area contributed by atoms with Gasteiger partial charge in [0.05, 0.1) is 0 Å². The molecule has 0 unspecified atom stereocenters. The van der Waals surface area contributed by atoms with E-state index >= 15 is 0 Å². The van der Waals surface area contributed by atoms with E-state index in [0.717, 1.165) is 17.7 Å². The van der Waals surface area contributed by atoms with E-state index in [9.17, 15) is 4.39 Å². The first-order valence-corrected chi connectivity index (χ1v) is 7.03. The zero-order valence-electron chi connectivity index (χ0n) is 12.3. The molecule has 0 heterocycles. The highest BCUT2D eigenvalue weighted by atomic mass is 19.1. The summed E-state index contributed by atoms with van der Waals surface area (Å²) < 4.78 is 13.4. The van der Waals surface area contributed by atoms with Crippen LogP contribution >= 0.6 is 0 Å². The van der Waals surface area contributed by atoms with Gasteiger partial charge >= 0.3 is 0 Å². The first-order valence-electron chi connectivity index (χ1n) is 7.03. The lowest BCUT2D eigenvalue weighted by Gasteiger charge is -2.25. The standard InChI is InChI=1S/C16H23FN2O/c1-11(18-14-6-4-12(8-14)10-20)15-7-5-13(17)9-16(15)19(2)3/h4-7,9,11-12,14,18,20H,8,10H2,1-3H3/t11-,12+,14-/m1/s1. The third kappa shape index (κ3) is 3.38. The summed E-state index contributed by atoms with van der Waals surface area (Å²) in [6.07, 6.45) is 5.08. The van der Waals surface area contributed by atoms with Crippen LogP contribution in [0.2, 0.25) is 0 Å². The second kappa shape index (κ2) is 6.37. The number of hydrogen-bond acceptors (Lipinski definition) is 3. The first kappa shape index (κ1) is 15.0. The van der Waals surface area contributed by atoms with Gasteiger partial charge in [-0.25, -0.2) is 4.39 Å². The number of aliphatic hydroxyl groups is 1. The van der Waals surface area contributed by atoms with Crippen LogP contribution in [0.1, 0.15) is 24.9 Å². The summed E-state index contributed by atoms with van der Waals surface area (Å²) in [4.78, 5) is 1.93. The average molecular weight is 278 g/mol. The zero-order valence-corrected chi connectivity index (χ0v) is 12.3. The summed E-state index contributed by atoms with van der Waals surface area (Å²) in [5, 5.41) is 12.7. The molecule has 1 aromatic carbocycles. The molecule has 0 spiro atoms. The highest BCUT2D eigenvalue weighted by Gasteiger charge is 2.21. The van der Waals surface area contributed by atoms with Crippen LogP contribution in [0.4, 0.5) is 10.1 Å². The molecule has 4 heteroatoms. The van der Waals surface area contributed by atoms with Crippen LogP contribution in [0.25, 0.3) is 0 Å². The van der Waals surface area contributed by atoms with Crippen molar-refractivity contribution < 1.29 is 9.50 Å². The zero-order chi connectivity index (χ0) is 14.7.